The second-order valence-corrected chi connectivity index (χ2v) is 5.23. The first-order chi connectivity index (χ1) is 10.9. The summed E-state index contributed by atoms with van der Waals surface area (Å²) < 4.78 is 5.31. The van der Waals surface area contributed by atoms with Gasteiger partial charge in [0.2, 0.25) is 0 Å². The first-order valence-electron chi connectivity index (χ1n) is 6.37. The molecule has 0 atom stereocenters. The van der Waals surface area contributed by atoms with Gasteiger partial charge in [-0.05, 0) is 22.0 Å². The Balaban J connectivity index is 2.40. The maximum atomic E-state index is 12.1. The van der Waals surface area contributed by atoms with Crippen LogP contribution >= 0.6 is 15.9 Å². The predicted molar refractivity (Wildman–Crippen MR) is 82.9 cm³/mol. The van der Waals surface area contributed by atoms with E-state index in [9.17, 15) is 19.7 Å². The van der Waals surface area contributed by atoms with Crippen LogP contribution in [0.3, 0.4) is 0 Å². The minimum absolute atomic E-state index is 0.00685. The number of anilines is 1. The minimum Gasteiger partial charge on any atom is -0.495 e. The Hall–Kier alpha value is -2.46. The molecular weight excluding hydrogens is 374 g/mol. The standard InChI is InChI=1S/C13H12BrN3O6/c1-23-9-3-2-8(17(21)22)12(11(9)14)15-7-6-10(19)16(4-5-18)13(7)20/h2-3,6,15,18H,4-5H2,1H3. The second-order valence-electron chi connectivity index (χ2n) is 4.43. The zero-order valence-electron chi connectivity index (χ0n) is 11.9. The van der Waals surface area contributed by atoms with Gasteiger partial charge in [-0.2, -0.15) is 0 Å². The fraction of sp³-hybridized carbons (Fsp3) is 0.231. The van der Waals surface area contributed by atoms with Crippen molar-refractivity contribution in [3.63, 3.8) is 0 Å². The van der Waals surface area contributed by atoms with E-state index in [0.717, 1.165) is 11.0 Å². The predicted octanol–water partition coefficient (Wildman–Crippen LogP) is 1.02. The van der Waals surface area contributed by atoms with Crippen molar-refractivity contribution in [1.82, 2.24) is 4.90 Å². The second kappa shape index (κ2) is 6.75. The minimum atomic E-state index is -0.673. The molecule has 0 spiro atoms. The number of methoxy groups -OCH3 is 1. The molecule has 0 radical (unpaired) electrons. The molecule has 0 fully saturated rings. The third kappa shape index (κ3) is 3.17. The summed E-state index contributed by atoms with van der Waals surface area (Å²) in [6.45, 7) is -0.525. The van der Waals surface area contributed by atoms with Crippen LogP contribution in [0.25, 0.3) is 0 Å². The van der Waals surface area contributed by atoms with Gasteiger partial charge in [0.05, 0.1) is 29.7 Å². The number of aliphatic hydroxyl groups excluding tert-OH is 1. The molecule has 23 heavy (non-hydrogen) atoms. The lowest BCUT2D eigenvalue weighted by Gasteiger charge is -2.15. The molecule has 9 nitrogen and oxygen atoms in total. The summed E-state index contributed by atoms with van der Waals surface area (Å²) in [4.78, 5) is 35.2. The number of halogens is 1. The van der Waals surface area contributed by atoms with Crippen LogP contribution in [0.5, 0.6) is 5.75 Å². The zero-order valence-corrected chi connectivity index (χ0v) is 13.5. The van der Waals surface area contributed by atoms with E-state index < -0.39 is 16.7 Å². The maximum Gasteiger partial charge on any atom is 0.294 e. The monoisotopic (exact) mass is 385 g/mol. The van der Waals surface area contributed by atoms with Crippen LogP contribution in [0.1, 0.15) is 0 Å². The van der Waals surface area contributed by atoms with E-state index in [2.05, 4.69) is 21.2 Å². The zero-order chi connectivity index (χ0) is 17.1. The number of ether oxygens (including phenoxy) is 1. The highest BCUT2D eigenvalue weighted by atomic mass is 79.9. The fourth-order valence-electron chi connectivity index (χ4n) is 2.02. The van der Waals surface area contributed by atoms with Crippen molar-refractivity contribution in [3.8, 4) is 5.75 Å². The van der Waals surface area contributed by atoms with Crippen LogP contribution in [0.2, 0.25) is 0 Å². The maximum absolute atomic E-state index is 12.1. The van der Waals surface area contributed by atoms with E-state index in [1.165, 1.54) is 19.2 Å². The highest BCUT2D eigenvalue weighted by molar-refractivity contribution is 9.10. The highest BCUT2D eigenvalue weighted by Gasteiger charge is 2.32. The number of aliphatic hydroxyl groups is 1. The SMILES string of the molecule is COc1ccc([N+](=O)[O-])c(NC2=CC(=O)N(CCO)C2=O)c1Br. The number of imide groups is 1. The largest absolute Gasteiger partial charge is 0.495 e. The van der Waals surface area contributed by atoms with E-state index in [1.54, 1.807) is 0 Å². The van der Waals surface area contributed by atoms with Gasteiger partial charge in [-0.15, -0.1) is 0 Å². The molecule has 1 aromatic carbocycles. The Labute approximate surface area is 138 Å². The van der Waals surface area contributed by atoms with Crippen molar-refractivity contribution >= 4 is 39.1 Å². The molecule has 1 heterocycles. The summed E-state index contributed by atoms with van der Waals surface area (Å²) in [5.74, 6) is -0.955. The average molecular weight is 386 g/mol. The van der Waals surface area contributed by atoms with Gasteiger partial charge in [0, 0.05) is 12.1 Å². The van der Waals surface area contributed by atoms with E-state index >= 15 is 0 Å². The Morgan fingerprint density at radius 1 is 1.43 bits per heavy atom. The van der Waals surface area contributed by atoms with Gasteiger partial charge in [0.15, 0.2) is 0 Å². The van der Waals surface area contributed by atoms with Gasteiger partial charge in [-0.1, -0.05) is 0 Å². The number of hydrogen-bond acceptors (Lipinski definition) is 7. The van der Waals surface area contributed by atoms with Gasteiger partial charge in [0.1, 0.15) is 17.1 Å². The summed E-state index contributed by atoms with van der Waals surface area (Å²) in [7, 11) is 1.39. The van der Waals surface area contributed by atoms with Crippen molar-refractivity contribution in [3.05, 3.63) is 38.5 Å². The molecule has 10 heteroatoms. The molecule has 122 valence electrons. The van der Waals surface area contributed by atoms with Crippen LogP contribution in [-0.4, -0.2) is 47.0 Å². The molecule has 0 saturated heterocycles. The number of rotatable bonds is 6. The summed E-state index contributed by atoms with van der Waals surface area (Å²) >= 11 is 3.18. The quantitative estimate of drug-likeness (QED) is 0.425. The Morgan fingerprint density at radius 3 is 2.70 bits per heavy atom. The Kier molecular flexibility index (Phi) is 4.96. The molecule has 0 unspecified atom stereocenters. The summed E-state index contributed by atoms with van der Waals surface area (Å²) in [5.41, 5.74) is -0.424. The number of hydrogen-bond donors (Lipinski definition) is 2. The first-order valence-corrected chi connectivity index (χ1v) is 7.16. The van der Waals surface area contributed by atoms with Crippen LogP contribution in [0, 0.1) is 10.1 Å². The molecule has 2 amide bonds. The number of nitrogens with zero attached hydrogens (tertiary/aromatic N) is 2. The number of amides is 2. The number of carbonyl (C=O) groups is 2. The molecule has 0 aliphatic carbocycles. The highest BCUT2D eigenvalue weighted by Crippen LogP contribution is 2.40. The lowest BCUT2D eigenvalue weighted by Crippen LogP contribution is -2.34. The smallest absolute Gasteiger partial charge is 0.294 e. The number of β-amino-alcohol motifs (C(OH)–C–C–N with tert-alkyl or cyclic N) is 1. The molecule has 2 N–H and O–H groups in total. The molecule has 1 aromatic rings. The van der Waals surface area contributed by atoms with Gasteiger partial charge >= 0.3 is 0 Å². The molecule has 2 rings (SSSR count). The molecule has 1 aliphatic rings. The lowest BCUT2D eigenvalue weighted by atomic mass is 10.2. The van der Waals surface area contributed by atoms with E-state index in [1.807, 2.05) is 0 Å². The molecule has 0 bridgehead atoms. The molecule has 1 aliphatic heterocycles. The van der Waals surface area contributed by atoms with Gasteiger partial charge in [0.25, 0.3) is 17.5 Å². The Morgan fingerprint density at radius 2 is 2.13 bits per heavy atom. The van der Waals surface area contributed by atoms with Crippen LogP contribution in [0.15, 0.2) is 28.4 Å². The summed E-state index contributed by atoms with van der Waals surface area (Å²) in [6, 6.07) is 2.63. The fourth-order valence-corrected chi connectivity index (χ4v) is 2.62. The molecular formula is C13H12BrN3O6. The summed E-state index contributed by atoms with van der Waals surface area (Å²) in [6.07, 6.45) is 1.02. The molecule has 0 saturated carbocycles. The van der Waals surface area contributed by atoms with E-state index in [4.69, 9.17) is 9.84 Å². The van der Waals surface area contributed by atoms with Crippen LogP contribution in [0.4, 0.5) is 11.4 Å². The number of benzene rings is 1. The topological polar surface area (TPSA) is 122 Å². The average Bonchev–Trinajstić information content (AvgIpc) is 2.77. The van der Waals surface area contributed by atoms with E-state index in [0.29, 0.717) is 5.75 Å². The van der Waals surface area contributed by atoms with Crippen molar-refractivity contribution < 1.29 is 24.4 Å². The third-order valence-electron chi connectivity index (χ3n) is 3.09. The van der Waals surface area contributed by atoms with Crippen molar-refractivity contribution in [1.29, 1.82) is 0 Å². The van der Waals surface area contributed by atoms with Crippen LogP contribution < -0.4 is 10.1 Å². The number of nitrogens with one attached hydrogen (secondary N) is 1. The normalized spacial score (nSPS) is 14.0. The third-order valence-corrected chi connectivity index (χ3v) is 3.88. The Bertz CT molecular complexity index is 718. The van der Waals surface area contributed by atoms with Crippen molar-refractivity contribution in [2.24, 2.45) is 0 Å². The van der Waals surface area contributed by atoms with Crippen molar-refractivity contribution in [2.45, 2.75) is 0 Å². The number of nitro benzene ring substituents is 1. The van der Waals surface area contributed by atoms with Crippen LogP contribution in [-0.2, 0) is 9.59 Å². The van der Waals surface area contributed by atoms with Gasteiger partial charge < -0.3 is 15.2 Å². The van der Waals surface area contributed by atoms with Crippen molar-refractivity contribution in [2.75, 3.05) is 25.6 Å². The lowest BCUT2D eigenvalue weighted by molar-refractivity contribution is -0.384. The first kappa shape index (κ1) is 16.9. The van der Waals surface area contributed by atoms with Gasteiger partial charge in [-0.25, -0.2) is 0 Å². The summed E-state index contributed by atoms with van der Waals surface area (Å²) in [5, 5.41) is 22.6. The van der Waals surface area contributed by atoms with Gasteiger partial charge in [-0.3, -0.25) is 24.6 Å². The van der Waals surface area contributed by atoms with E-state index in [-0.39, 0.29) is 34.7 Å². The molecule has 0 aromatic heterocycles. The number of carbonyl (C=O) groups excluding carboxylic acids is 2. The number of nitro groups is 1.